The zero-order valence-corrected chi connectivity index (χ0v) is 20.5. The van der Waals surface area contributed by atoms with E-state index >= 15 is 0 Å². The fourth-order valence-corrected chi connectivity index (χ4v) is 4.57. The number of thioether (sulfide) groups is 2. The van der Waals surface area contributed by atoms with Crippen molar-refractivity contribution in [3.8, 4) is 0 Å². The first-order valence-corrected chi connectivity index (χ1v) is 12.1. The minimum absolute atomic E-state index is 0.0167. The van der Waals surface area contributed by atoms with Gasteiger partial charge in [-0.15, -0.1) is 23.5 Å². The Morgan fingerprint density at radius 1 is 0.778 bits per heavy atom. The molecule has 1 fully saturated rings. The third-order valence-corrected chi connectivity index (χ3v) is 7.06. The maximum atomic E-state index is 13.9. The number of nitrogens with zero attached hydrogens (tertiary/aromatic N) is 1. The van der Waals surface area contributed by atoms with Crippen molar-refractivity contribution < 1.29 is 44.7 Å². The van der Waals surface area contributed by atoms with Crippen LogP contribution in [0, 0.1) is 25.5 Å². The summed E-state index contributed by atoms with van der Waals surface area (Å²) in [6.07, 6.45) is -8.63. The van der Waals surface area contributed by atoms with Crippen LogP contribution >= 0.6 is 23.5 Å². The van der Waals surface area contributed by atoms with E-state index in [9.17, 15) is 44.7 Å². The number of imide groups is 1. The first-order chi connectivity index (χ1) is 16.5. The number of halogens is 8. The first-order valence-electron chi connectivity index (χ1n) is 10.1. The Bertz CT molecular complexity index is 1120. The molecular formula is C22H20F8N2O2S2. The molecule has 2 N–H and O–H groups in total. The SMILES string of the molecule is Cc1cc(F)c(N)cc1SCC(F)(F)F.Cc1cc(F)c(N2C(=O)CCC2=O)cc1SCC(F)(F)F. The minimum Gasteiger partial charge on any atom is -0.396 e. The van der Waals surface area contributed by atoms with Gasteiger partial charge in [-0.25, -0.2) is 13.7 Å². The van der Waals surface area contributed by atoms with E-state index in [0.29, 0.717) is 44.4 Å². The number of alkyl halides is 6. The van der Waals surface area contributed by atoms with E-state index in [0.717, 1.165) is 18.2 Å². The Morgan fingerprint density at radius 3 is 1.64 bits per heavy atom. The molecule has 0 saturated carbocycles. The van der Waals surface area contributed by atoms with Crippen LogP contribution in [0.2, 0.25) is 0 Å². The maximum absolute atomic E-state index is 13.9. The number of aryl methyl sites for hydroxylation is 2. The maximum Gasteiger partial charge on any atom is 0.398 e. The Kier molecular flexibility index (Phi) is 9.68. The number of benzene rings is 2. The largest absolute Gasteiger partial charge is 0.398 e. The van der Waals surface area contributed by atoms with Gasteiger partial charge in [-0.2, -0.15) is 26.3 Å². The average Bonchev–Trinajstić information content (AvgIpc) is 3.06. The van der Waals surface area contributed by atoms with Crippen LogP contribution in [-0.2, 0) is 9.59 Å². The lowest BCUT2D eigenvalue weighted by Gasteiger charge is -2.17. The van der Waals surface area contributed by atoms with Gasteiger partial charge in [-0.3, -0.25) is 9.59 Å². The van der Waals surface area contributed by atoms with E-state index in [1.165, 1.54) is 13.0 Å². The second kappa shape index (κ2) is 11.7. The third kappa shape index (κ3) is 8.57. The van der Waals surface area contributed by atoms with Gasteiger partial charge >= 0.3 is 12.4 Å². The van der Waals surface area contributed by atoms with Crippen LogP contribution in [0.3, 0.4) is 0 Å². The van der Waals surface area contributed by atoms with Crippen LogP contribution in [-0.4, -0.2) is 35.7 Å². The van der Waals surface area contributed by atoms with Gasteiger partial charge < -0.3 is 5.73 Å². The molecule has 0 bridgehead atoms. The fraction of sp³-hybridized carbons (Fsp3) is 0.364. The highest BCUT2D eigenvalue weighted by molar-refractivity contribution is 7.99. The molecule has 2 aromatic carbocycles. The Labute approximate surface area is 209 Å². The van der Waals surface area contributed by atoms with Crippen molar-refractivity contribution in [3.05, 3.63) is 47.0 Å². The first kappa shape index (κ1) is 29.7. The standard InChI is InChI=1S/C13H11F4NO2S.C9H9F4NS/c1-7-4-8(14)9(18-11(19)2-3-12(18)20)5-10(7)21-6-13(15,16)17;1-5-2-6(10)7(14)3-8(5)15-4-9(11,12)13/h4-5H,2-3,6H2,1H3;2-3H,4,14H2,1H3. The molecule has 0 aromatic heterocycles. The summed E-state index contributed by atoms with van der Waals surface area (Å²) < 4.78 is 99.4. The summed E-state index contributed by atoms with van der Waals surface area (Å²) in [6, 6.07) is 4.52. The smallest absolute Gasteiger partial charge is 0.396 e. The summed E-state index contributed by atoms with van der Waals surface area (Å²) in [6.45, 7) is 3.01. The number of nitrogen functional groups attached to an aromatic ring is 1. The van der Waals surface area contributed by atoms with Crippen molar-refractivity contribution in [2.75, 3.05) is 22.1 Å². The summed E-state index contributed by atoms with van der Waals surface area (Å²) in [5.41, 5.74) is 5.62. The van der Waals surface area contributed by atoms with E-state index < -0.39 is 47.3 Å². The number of anilines is 2. The topological polar surface area (TPSA) is 63.4 Å². The van der Waals surface area contributed by atoms with Crippen LogP contribution < -0.4 is 10.6 Å². The van der Waals surface area contributed by atoms with Gasteiger partial charge in [0.15, 0.2) is 0 Å². The molecular weight excluding hydrogens is 540 g/mol. The van der Waals surface area contributed by atoms with Gasteiger partial charge in [0.1, 0.15) is 11.6 Å². The number of nitrogens with two attached hydrogens (primary N) is 1. The van der Waals surface area contributed by atoms with Crippen molar-refractivity contribution in [1.29, 1.82) is 0 Å². The average molecular weight is 561 g/mol. The lowest BCUT2D eigenvalue weighted by Crippen LogP contribution is -2.29. The number of amides is 2. The molecule has 1 aliphatic heterocycles. The number of hydrogen-bond donors (Lipinski definition) is 1. The van der Waals surface area contributed by atoms with Gasteiger partial charge in [0.2, 0.25) is 11.8 Å². The highest BCUT2D eigenvalue weighted by atomic mass is 32.2. The number of hydrogen-bond acceptors (Lipinski definition) is 5. The molecule has 2 aromatic rings. The van der Waals surface area contributed by atoms with Crippen LogP contribution in [0.4, 0.5) is 46.5 Å². The molecule has 36 heavy (non-hydrogen) atoms. The van der Waals surface area contributed by atoms with Crippen LogP contribution in [0.15, 0.2) is 34.1 Å². The van der Waals surface area contributed by atoms with E-state index in [4.69, 9.17) is 5.73 Å². The summed E-state index contributed by atoms with van der Waals surface area (Å²) >= 11 is 1.10. The molecule has 14 heteroatoms. The summed E-state index contributed by atoms with van der Waals surface area (Å²) in [5, 5.41) is 0. The van der Waals surface area contributed by atoms with E-state index in [2.05, 4.69) is 0 Å². The molecule has 0 spiro atoms. The second-order valence-corrected chi connectivity index (χ2v) is 9.67. The molecule has 1 heterocycles. The highest BCUT2D eigenvalue weighted by Crippen LogP contribution is 2.35. The molecule has 0 atom stereocenters. The summed E-state index contributed by atoms with van der Waals surface area (Å²) in [5.74, 6) is -4.62. The molecule has 198 valence electrons. The zero-order chi connectivity index (χ0) is 27.4. The van der Waals surface area contributed by atoms with Crippen LogP contribution in [0.25, 0.3) is 0 Å². The minimum atomic E-state index is -4.36. The second-order valence-electron chi connectivity index (χ2n) is 7.64. The summed E-state index contributed by atoms with van der Waals surface area (Å²) in [7, 11) is 0. The Balaban J connectivity index is 0.000000269. The molecule has 0 radical (unpaired) electrons. The van der Waals surface area contributed by atoms with Gasteiger partial charge in [-0.1, -0.05) is 0 Å². The van der Waals surface area contributed by atoms with Crippen molar-refractivity contribution in [1.82, 2.24) is 0 Å². The van der Waals surface area contributed by atoms with E-state index in [1.54, 1.807) is 6.92 Å². The van der Waals surface area contributed by atoms with Gasteiger partial charge in [-0.05, 0) is 49.2 Å². The van der Waals surface area contributed by atoms with Crippen LogP contribution in [0.1, 0.15) is 24.0 Å². The van der Waals surface area contributed by atoms with E-state index in [1.807, 2.05) is 0 Å². The number of carbonyl (C=O) groups excluding carboxylic acids is 2. The predicted molar refractivity (Wildman–Crippen MR) is 122 cm³/mol. The molecule has 2 amide bonds. The van der Waals surface area contributed by atoms with Crippen molar-refractivity contribution >= 4 is 46.7 Å². The molecule has 1 saturated heterocycles. The Morgan fingerprint density at radius 2 is 1.19 bits per heavy atom. The molecule has 1 aliphatic rings. The Hall–Kier alpha value is -2.48. The summed E-state index contributed by atoms with van der Waals surface area (Å²) in [4.78, 5) is 24.4. The third-order valence-electron chi connectivity index (χ3n) is 4.61. The highest BCUT2D eigenvalue weighted by Gasteiger charge is 2.33. The normalized spacial score (nSPS) is 14.2. The van der Waals surface area contributed by atoms with Crippen LogP contribution in [0.5, 0.6) is 0 Å². The van der Waals surface area contributed by atoms with Gasteiger partial charge in [0, 0.05) is 22.6 Å². The lowest BCUT2D eigenvalue weighted by molar-refractivity contribution is -0.121. The van der Waals surface area contributed by atoms with Gasteiger partial charge in [0.25, 0.3) is 0 Å². The van der Waals surface area contributed by atoms with Crippen molar-refractivity contribution in [2.24, 2.45) is 0 Å². The quantitative estimate of drug-likeness (QED) is 0.188. The van der Waals surface area contributed by atoms with E-state index in [-0.39, 0.29) is 29.1 Å². The predicted octanol–water partition coefficient (Wildman–Crippen LogP) is 6.81. The molecule has 0 unspecified atom stereocenters. The lowest BCUT2D eigenvalue weighted by atomic mass is 10.2. The van der Waals surface area contributed by atoms with Crippen molar-refractivity contribution in [3.63, 3.8) is 0 Å². The monoisotopic (exact) mass is 560 g/mol. The van der Waals surface area contributed by atoms with Gasteiger partial charge in [0.05, 0.1) is 22.9 Å². The number of rotatable bonds is 5. The molecule has 3 rings (SSSR count). The zero-order valence-electron chi connectivity index (χ0n) is 18.8. The molecule has 4 nitrogen and oxygen atoms in total. The van der Waals surface area contributed by atoms with Crippen molar-refractivity contribution in [2.45, 2.75) is 48.8 Å². The number of carbonyl (C=O) groups is 2. The fourth-order valence-electron chi connectivity index (χ4n) is 2.96. The molecule has 0 aliphatic carbocycles.